The number of benzene rings is 2. The highest BCUT2D eigenvalue weighted by Crippen LogP contribution is 2.39. The number of hydrogen-bond acceptors (Lipinski definition) is 6. The Hall–Kier alpha value is -3.68. The van der Waals surface area contributed by atoms with Crippen molar-refractivity contribution in [2.45, 2.75) is 50.6 Å². The van der Waals surface area contributed by atoms with Crippen LogP contribution < -0.4 is 15.2 Å². The predicted octanol–water partition coefficient (Wildman–Crippen LogP) is 4.18. The second-order valence-electron chi connectivity index (χ2n) is 9.26. The summed E-state index contributed by atoms with van der Waals surface area (Å²) in [6.07, 6.45) is 6.66. The van der Waals surface area contributed by atoms with E-state index in [1.807, 2.05) is 35.0 Å². The van der Waals surface area contributed by atoms with Crippen LogP contribution in [0.4, 0.5) is 5.69 Å². The van der Waals surface area contributed by atoms with E-state index in [9.17, 15) is 4.79 Å². The fourth-order valence-corrected chi connectivity index (χ4v) is 5.58. The lowest BCUT2D eigenvalue weighted by atomic mass is 9.95. The van der Waals surface area contributed by atoms with Gasteiger partial charge in [0.2, 0.25) is 0 Å². The molecule has 2 aromatic heterocycles. The summed E-state index contributed by atoms with van der Waals surface area (Å²) in [5.41, 5.74) is 3.72. The molecule has 34 heavy (non-hydrogen) atoms. The summed E-state index contributed by atoms with van der Waals surface area (Å²) < 4.78 is 7.42. The number of methoxy groups -OCH3 is 1. The molecule has 1 fully saturated rings. The van der Waals surface area contributed by atoms with Crippen molar-refractivity contribution in [2.75, 3.05) is 18.6 Å². The first-order chi connectivity index (χ1) is 16.7. The van der Waals surface area contributed by atoms with E-state index in [1.165, 1.54) is 24.8 Å². The van der Waals surface area contributed by atoms with Crippen LogP contribution in [-0.4, -0.2) is 38.8 Å². The molecule has 0 bridgehead atoms. The lowest BCUT2D eigenvalue weighted by Crippen LogP contribution is -2.35. The van der Waals surface area contributed by atoms with Crippen LogP contribution in [-0.2, 0) is 6.42 Å². The Morgan fingerprint density at radius 2 is 1.94 bits per heavy atom. The summed E-state index contributed by atoms with van der Waals surface area (Å²) in [6, 6.07) is 15.9. The Kier molecular flexibility index (Phi) is 5.28. The number of para-hydroxylation sites is 1. The molecular formula is C26H28N6O2. The van der Waals surface area contributed by atoms with Crippen LogP contribution in [0.15, 0.2) is 53.3 Å². The molecule has 1 aliphatic carbocycles. The molecule has 0 saturated heterocycles. The van der Waals surface area contributed by atoms with Crippen LogP contribution in [0.3, 0.4) is 0 Å². The SMILES string of the molecule is COc1ccc2[nH]c(=O)c([C@H](c3nnnn3C3CCCCC3)N3CCc4ccccc43)cc2c1. The van der Waals surface area contributed by atoms with Gasteiger partial charge in [-0.05, 0) is 65.6 Å². The third-order valence-corrected chi connectivity index (χ3v) is 7.29. The molecule has 1 N–H and O–H groups in total. The molecule has 3 heterocycles. The summed E-state index contributed by atoms with van der Waals surface area (Å²) in [5, 5.41) is 14.0. The molecular weight excluding hydrogens is 428 g/mol. The summed E-state index contributed by atoms with van der Waals surface area (Å²) in [5.74, 6) is 1.48. The van der Waals surface area contributed by atoms with E-state index < -0.39 is 0 Å². The van der Waals surface area contributed by atoms with Gasteiger partial charge in [0, 0.05) is 28.7 Å². The number of H-pyrrole nitrogens is 1. The van der Waals surface area contributed by atoms with Crippen LogP contribution in [0.1, 0.15) is 61.1 Å². The van der Waals surface area contributed by atoms with E-state index in [0.717, 1.165) is 54.0 Å². The third kappa shape index (κ3) is 3.54. The monoisotopic (exact) mass is 456 g/mol. The van der Waals surface area contributed by atoms with E-state index in [0.29, 0.717) is 5.56 Å². The molecule has 1 atom stereocenters. The fourth-order valence-electron chi connectivity index (χ4n) is 5.58. The molecule has 1 saturated carbocycles. The summed E-state index contributed by atoms with van der Waals surface area (Å²) >= 11 is 0. The van der Waals surface area contributed by atoms with E-state index in [-0.39, 0.29) is 17.6 Å². The molecule has 174 valence electrons. The topological polar surface area (TPSA) is 88.9 Å². The number of rotatable bonds is 5. The zero-order valence-electron chi connectivity index (χ0n) is 19.3. The first kappa shape index (κ1) is 20.9. The summed E-state index contributed by atoms with van der Waals surface area (Å²) in [6.45, 7) is 0.803. The Morgan fingerprint density at radius 3 is 2.79 bits per heavy atom. The van der Waals surface area contributed by atoms with Gasteiger partial charge >= 0.3 is 0 Å². The van der Waals surface area contributed by atoms with Gasteiger partial charge in [-0.1, -0.05) is 37.5 Å². The normalized spacial score (nSPS) is 17.1. The quantitative estimate of drug-likeness (QED) is 0.485. The average Bonchev–Trinajstić information content (AvgIpc) is 3.53. The lowest BCUT2D eigenvalue weighted by Gasteiger charge is -2.31. The van der Waals surface area contributed by atoms with Crippen molar-refractivity contribution in [3.8, 4) is 5.75 Å². The minimum absolute atomic E-state index is 0.120. The third-order valence-electron chi connectivity index (χ3n) is 7.29. The van der Waals surface area contributed by atoms with Crippen molar-refractivity contribution < 1.29 is 4.74 Å². The zero-order valence-corrected chi connectivity index (χ0v) is 19.3. The Morgan fingerprint density at radius 1 is 1.09 bits per heavy atom. The minimum atomic E-state index is -0.389. The molecule has 8 nitrogen and oxygen atoms in total. The van der Waals surface area contributed by atoms with Gasteiger partial charge in [0.1, 0.15) is 11.8 Å². The molecule has 0 unspecified atom stereocenters. The number of nitrogens with zero attached hydrogens (tertiary/aromatic N) is 5. The van der Waals surface area contributed by atoms with Gasteiger partial charge in [-0.15, -0.1) is 5.10 Å². The van der Waals surface area contributed by atoms with Gasteiger partial charge < -0.3 is 14.6 Å². The molecule has 2 aliphatic rings. The van der Waals surface area contributed by atoms with Gasteiger partial charge in [-0.3, -0.25) is 4.79 Å². The van der Waals surface area contributed by atoms with Gasteiger partial charge in [-0.25, -0.2) is 4.68 Å². The predicted molar refractivity (Wildman–Crippen MR) is 130 cm³/mol. The number of hydrogen-bond donors (Lipinski definition) is 1. The lowest BCUT2D eigenvalue weighted by molar-refractivity contribution is 0.313. The highest BCUT2D eigenvalue weighted by molar-refractivity contribution is 5.81. The van der Waals surface area contributed by atoms with Gasteiger partial charge in [0.05, 0.1) is 13.2 Å². The smallest absolute Gasteiger partial charge is 0.254 e. The second kappa shape index (κ2) is 8.59. The van der Waals surface area contributed by atoms with E-state index in [4.69, 9.17) is 4.74 Å². The van der Waals surface area contributed by atoms with Crippen molar-refractivity contribution in [3.05, 3.63) is 75.8 Å². The number of nitrogens with one attached hydrogen (secondary N) is 1. The van der Waals surface area contributed by atoms with Crippen molar-refractivity contribution >= 4 is 16.6 Å². The second-order valence-corrected chi connectivity index (χ2v) is 9.26. The van der Waals surface area contributed by atoms with Gasteiger partial charge in [0.15, 0.2) is 5.82 Å². The molecule has 2 aromatic carbocycles. The maximum Gasteiger partial charge on any atom is 0.254 e. The van der Waals surface area contributed by atoms with E-state index >= 15 is 0 Å². The number of aromatic amines is 1. The average molecular weight is 457 g/mol. The molecule has 8 heteroatoms. The molecule has 0 spiro atoms. The number of pyridine rings is 1. The van der Waals surface area contributed by atoms with E-state index in [1.54, 1.807) is 7.11 Å². The fraction of sp³-hybridized carbons (Fsp3) is 0.385. The first-order valence-corrected chi connectivity index (χ1v) is 12.1. The molecule has 4 aromatic rings. The van der Waals surface area contributed by atoms with Crippen LogP contribution in [0.25, 0.3) is 10.9 Å². The van der Waals surface area contributed by atoms with Gasteiger partial charge in [0.25, 0.3) is 5.56 Å². The van der Waals surface area contributed by atoms with Gasteiger partial charge in [-0.2, -0.15) is 0 Å². The van der Waals surface area contributed by atoms with Crippen molar-refractivity contribution in [1.82, 2.24) is 25.2 Å². The Bertz CT molecular complexity index is 1390. The number of ether oxygens (including phenoxy) is 1. The van der Waals surface area contributed by atoms with E-state index in [2.05, 4.69) is 43.6 Å². The highest BCUT2D eigenvalue weighted by Gasteiger charge is 2.35. The van der Waals surface area contributed by atoms with Crippen LogP contribution in [0, 0.1) is 0 Å². The standard InChI is InChI=1S/C26H28N6O2/c1-34-20-11-12-22-18(15-20)16-21(26(33)27-22)24(31-14-13-17-7-5-6-10-23(17)31)25-28-29-30-32(25)19-8-3-2-4-9-19/h5-7,10-12,15-16,19,24H,2-4,8-9,13-14H2,1H3,(H,27,33)/t24-/m1/s1. The number of tetrazole rings is 1. The number of aromatic nitrogens is 5. The van der Waals surface area contributed by atoms with Crippen molar-refractivity contribution in [2.24, 2.45) is 0 Å². The van der Waals surface area contributed by atoms with Crippen LogP contribution in [0.2, 0.25) is 0 Å². The molecule has 6 rings (SSSR count). The number of fused-ring (bicyclic) bond motifs is 2. The van der Waals surface area contributed by atoms with Crippen LogP contribution >= 0.6 is 0 Å². The Balaban J connectivity index is 1.54. The number of anilines is 1. The largest absolute Gasteiger partial charge is 0.497 e. The summed E-state index contributed by atoms with van der Waals surface area (Å²) in [4.78, 5) is 18.9. The highest BCUT2D eigenvalue weighted by atomic mass is 16.5. The van der Waals surface area contributed by atoms with Crippen molar-refractivity contribution in [1.29, 1.82) is 0 Å². The van der Waals surface area contributed by atoms with Crippen LogP contribution in [0.5, 0.6) is 5.75 Å². The zero-order chi connectivity index (χ0) is 23.1. The maximum absolute atomic E-state index is 13.5. The molecule has 0 radical (unpaired) electrons. The first-order valence-electron chi connectivity index (χ1n) is 12.1. The molecule has 0 amide bonds. The molecule has 1 aliphatic heterocycles. The van der Waals surface area contributed by atoms with Crippen molar-refractivity contribution in [3.63, 3.8) is 0 Å². The maximum atomic E-state index is 13.5. The summed E-state index contributed by atoms with van der Waals surface area (Å²) in [7, 11) is 1.65. The Labute approximate surface area is 197 Å². The minimum Gasteiger partial charge on any atom is -0.497 e.